The highest BCUT2D eigenvalue weighted by molar-refractivity contribution is 7.11. The van der Waals surface area contributed by atoms with Crippen molar-refractivity contribution in [2.24, 2.45) is 0 Å². The second kappa shape index (κ2) is 3.40. The average molecular weight is 194 g/mol. The Bertz CT molecular complexity index is 380. The van der Waals surface area contributed by atoms with Gasteiger partial charge in [0.05, 0.1) is 0 Å². The first-order valence-corrected chi connectivity index (χ1v) is 4.49. The average Bonchev–Trinajstić information content (AvgIpc) is 2.74. The molecule has 13 heavy (non-hydrogen) atoms. The van der Waals surface area contributed by atoms with Gasteiger partial charge in [-0.3, -0.25) is 5.10 Å². The van der Waals surface area contributed by atoms with Crippen LogP contribution >= 0.6 is 11.3 Å². The van der Waals surface area contributed by atoms with Crippen LogP contribution in [0, 0.1) is 0 Å². The maximum Gasteiger partial charge on any atom is 0.362 e. The number of thiophene rings is 1. The van der Waals surface area contributed by atoms with Crippen molar-refractivity contribution in [3.63, 3.8) is 0 Å². The van der Waals surface area contributed by atoms with E-state index in [9.17, 15) is 4.79 Å². The molecule has 1 N–H and O–H groups in total. The Balaban J connectivity index is 2.08. The molecule has 2 aromatic heterocycles. The number of esters is 1. The van der Waals surface area contributed by atoms with Gasteiger partial charge in [-0.25, -0.2) is 4.79 Å². The normalized spacial score (nSPS) is 9.85. The topological polar surface area (TPSA) is 55.0 Å². The number of aromatic nitrogens is 2. The van der Waals surface area contributed by atoms with E-state index in [1.54, 1.807) is 12.1 Å². The summed E-state index contributed by atoms with van der Waals surface area (Å²) in [5, 5.41) is 8.61. The van der Waals surface area contributed by atoms with Gasteiger partial charge in [-0.15, -0.1) is 11.3 Å². The van der Waals surface area contributed by atoms with Gasteiger partial charge in [0.2, 0.25) is 0 Å². The SMILES string of the molecule is O=C(Oc1cccs1)c1ccn[nH]1. The molecule has 0 saturated carbocycles. The Hall–Kier alpha value is -1.62. The second-order valence-corrected chi connectivity index (χ2v) is 3.20. The number of nitrogens with one attached hydrogen (secondary N) is 1. The number of carbonyl (C=O) groups excluding carboxylic acids is 1. The zero-order valence-corrected chi connectivity index (χ0v) is 7.38. The summed E-state index contributed by atoms with van der Waals surface area (Å²) in [6.45, 7) is 0. The molecule has 0 spiro atoms. The van der Waals surface area contributed by atoms with Gasteiger partial charge in [0.1, 0.15) is 5.69 Å². The number of aromatic amines is 1. The molecule has 0 amide bonds. The first-order chi connectivity index (χ1) is 6.36. The van der Waals surface area contributed by atoms with Crippen molar-refractivity contribution < 1.29 is 9.53 Å². The highest BCUT2D eigenvalue weighted by Gasteiger charge is 2.09. The summed E-state index contributed by atoms with van der Waals surface area (Å²) in [5.41, 5.74) is 0.355. The number of hydrogen-bond acceptors (Lipinski definition) is 4. The summed E-state index contributed by atoms with van der Waals surface area (Å²) in [4.78, 5) is 11.3. The number of nitrogens with zero attached hydrogens (tertiary/aromatic N) is 1. The molecule has 0 bridgehead atoms. The van der Waals surface area contributed by atoms with Gasteiger partial charge in [-0.2, -0.15) is 5.10 Å². The molecule has 4 nitrogen and oxygen atoms in total. The molecule has 0 radical (unpaired) electrons. The molecule has 0 aromatic carbocycles. The van der Waals surface area contributed by atoms with E-state index in [-0.39, 0.29) is 0 Å². The molecule has 0 saturated heterocycles. The number of hydrogen-bond donors (Lipinski definition) is 1. The monoisotopic (exact) mass is 194 g/mol. The van der Waals surface area contributed by atoms with E-state index in [4.69, 9.17) is 4.74 Å². The van der Waals surface area contributed by atoms with E-state index >= 15 is 0 Å². The number of H-pyrrole nitrogens is 1. The summed E-state index contributed by atoms with van der Waals surface area (Å²) in [7, 11) is 0. The highest BCUT2D eigenvalue weighted by atomic mass is 32.1. The van der Waals surface area contributed by atoms with E-state index in [0.29, 0.717) is 10.8 Å². The van der Waals surface area contributed by atoms with E-state index in [2.05, 4.69) is 10.2 Å². The van der Waals surface area contributed by atoms with Crippen LogP contribution in [0.4, 0.5) is 0 Å². The Morgan fingerprint density at radius 1 is 1.54 bits per heavy atom. The molecule has 0 atom stereocenters. The first kappa shape index (κ1) is 8.00. The third-order valence-corrected chi connectivity index (χ3v) is 2.15. The Morgan fingerprint density at radius 3 is 3.08 bits per heavy atom. The van der Waals surface area contributed by atoms with Crippen molar-refractivity contribution in [1.82, 2.24) is 10.2 Å². The van der Waals surface area contributed by atoms with Gasteiger partial charge in [-0.1, -0.05) is 0 Å². The van der Waals surface area contributed by atoms with Crippen molar-refractivity contribution in [3.05, 3.63) is 35.5 Å². The van der Waals surface area contributed by atoms with E-state index in [1.165, 1.54) is 17.5 Å². The summed E-state index contributed by atoms with van der Waals surface area (Å²) < 4.78 is 5.01. The minimum Gasteiger partial charge on any atom is -0.411 e. The molecule has 0 unspecified atom stereocenters. The van der Waals surface area contributed by atoms with Crippen LogP contribution in [0.2, 0.25) is 0 Å². The lowest BCUT2D eigenvalue weighted by Gasteiger charge is -1.96. The summed E-state index contributed by atoms with van der Waals surface area (Å²) in [6, 6.07) is 5.12. The van der Waals surface area contributed by atoms with Crippen LogP contribution in [0.1, 0.15) is 10.5 Å². The quantitative estimate of drug-likeness (QED) is 0.740. The first-order valence-electron chi connectivity index (χ1n) is 3.61. The standard InChI is InChI=1S/C8H6N2O2S/c11-8(6-3-4-9-10-6)12-7-2-1-5-13-7/h1-5H,(H,9,10). The summed E-state index contributed by atoms with van der Waals surface area (Å²) >= 11 is 1.37. The molecule has 0 aliphatic rings. The third kappa shape index (κ3) is 1.75. The Labute approximate surface area is 78.2 Å². The van der Waals surface area contributed by atoms with Crippen molar-refractivity contribution in [1.29, 1.82) is 0 Å². The van der Waals surface area contributed by atoms with E-state index < -0.39 is 5.97 Å². The lowest BCUT2D eigenvalue weighted by atomic mass is 10.4. The van der Waals surface area contributed by atoms with E-state index in [0.717, 1.165) is 0 Å². The largest absolute Gasteiger partial charge is 0.411 e. The van der Waals surface area contributed by atoms with Crippen molar-refractivity contribution in [3.8, 4) is 5.06 Å². The van der Waals surface area contributed by atoms with Crippen molar-refractivity contribution in [2.75, 3.05) is 0 Å². The van der Waals surface area contributed by atoms with Crippen LogP contribution in [0.5, 0.6) is 5.06 Å². The molecule has 2 rings (SSSR count). The molecule has 0 fully saturated rings. The van der Waals surface area contributed by atoms with Gasteiger partial charge in [0.25, 0.3) is 0 Å². The minimum atomic E-state index is -0.417. The smallest absolute Gasteiger partial charge is 0.362 e. The fourth-order valence-corrected chi connectivity index (χ4v) is 1.41. The van der Waals surface area contributed by atoms with Gasteiger partial charge in [0, 0.05) is 6.20 Å². The molecule has 0 aliphatic carbocycles. The van der Waals surface area contributed by atoms with Gasteiger partial charge >= 0.3 is 5.97 Å². The Kier molecular flexibility index (Phi) is 2.09. The number of carbonyl (C=O) groups is 1. The molecule has 66 valence electrons. The fraction of sp³-hybridized carbons (Fsp3) is 0. The lowest BCUT2D eigenvalue weighted by molar-refractivity contribution is 0.0734. The molecule has 5 heteroatoms. The maximum atomic E-state index is 11.3. The molecule has 2 aromatic rings. The second-order valence-electron chi connectivity index (χ2n) is 2.29. The molecular formula is C8H6N2O2S. The number of rotatable bonds is 2. The predicted molar refractivity (Wildman–Crippen MR) is 47.9 cm³/mol. The summed E-state index contributed by atoms with van der Waals surface area (Å²) in [5.74, 6) is -0.417. The van der Waals surface area contributed by atoms with Crippen LogP contribution in [0.25, 0.3) is 0 Å². The zero-order chi connectivity index (χ0) is 9.10. The van der Waals surface area contributed by atoms with Crippen LogP contribution in [-0.4, -0.2) is 16.2 Å². The predicted octanol–water partition coefficient (Wildman–Crippen LogP) is 1.69. The molecule has 2 heterocycles. The third-order valence-electron chi connectivity index (χ3n) is 1.41. The summed E-state index contributed by atoms with van der Waals surface area (Å²) in [6.07, 6.45) is 1.50. The van der Waals surface area contributed by atoms with Gasteiger partial charge < -0.3 is 4.74 Å². The van der Waals surface area contributed by atoms with Crippen LogP contribution in [-0.2, 0) is 0 Å². The lowest BCUT2D eigenvalue weighted by Crippen LogP contribution is -2.07. The zero-order valence-electron chi connectivity index (χ0n) is 6.56. The van der Waals surface area contributed by atoms with Crippen LogP contribution in [0.3, 0.4) is 0 Å². The fourth-order valence-electron chi connectivity index (χ4n) is 0.837. The minimum absolute atomic E-state index is 0.355. The highest BCUT2D eigenvalue weighted by Crippen LogP contribution is 2.19. The maximum absolute atomic E-state index is 11.3. The van der Waals surface area contributed by atoms with E-state index in [1.807, 2.05) is 11.4 Å². The van der Waals surface area contributed by atoms with Crippen LogP contribution in [0.15, 0.2) is 29.8 Å². The molecule has 0 aliphatic heterocycles. The van der Waals surface area contributed by atoms with Crippen molar-refractivity contribution in [2.45, 2.75) is 0 Å². The van der Waals surface area contributed by atoms with Gasteiger partial charge in [0.15, 0.2) is 5.06 Å². The Morgan fingerprint density at radius 2 is 2.46 bits per heavy atom. The van der Waals surface area contributed by atoms with Crippen LogP contribution < -0.4 is 4.74 Å². The van der Waals surface area contributed by atoms with Gasteiger partial charge in [-0.05, 0) is 23.6 Å². The number of ether oxygens (including phenoxy) is 1. The van der Waals surface area contributed by atoms with Crippen molar-refractivity contribution >= 4 is 17.3 Å². The molecular weight excluding hydrogens is 188 g/mol.